The van der Waals surface area contributed by atoms with Gasteiger partial charge in [-0.25, -0.2) is 15.0 Å². The Bertz CT molecular complexity index is 3910. The van der Waals surface area contributed by atoms with Crippen molar-refractivity contribution in [2.75, 3.05) is 0 Å². The lowest BCUT2D eigenvalue weighted by Gasteiger charge is -2.24. The Balaban J connectivity index is 0.991. The third-order valence-corrected chi connectivity index (χ3v) is 14.2. The van der Waals surface area contributed by atoms with Crippen molar-refractivity contribution in [3.8, 4) is 95.5 Å². The molecule has 0 spiro atoms. The first-order chi connectivity index (χ1) is 34.5. The van der Waals surface area contributed by atoms with Crippen LogP contribution in [0.4, 0.5) is 0 Å². The minimum absolute atomic E-state index is 0.122. The van der Waals surface area contributed by atoms with Gasteiger partial charge in [0.05, 0.1) is 11.0 Å². The van der Waals surface area contributed by atoms with Gasteiger partial charge in [0, 0.05) is 38.6 Å². The van der Waals surface area contributed by atoms with E-state index in [0.29, 0.717) is 17.5 Å². The maximum absolute atomic E-state index is 5.11. The lowest BCUT2D eigenvalue weighted by atomic mass is 9.78. The quantitative estimate of drug-likeness (QED) is 0.153. The van der Waals surface area contributed by atoms with E-state index in [0.717, 1.165) is 50.1 Å². The molecule has 0 atom stereocenters. The Hall–Kier alpha value is -8.99. The molecule has 0 N–H and O–H groups in total. The zero-order valence-electron chi connectivity index (χ0n) is 38.9. The number of hydrogen-bond acceptors (Lipinski definition) is 3. The van der Waals surface area contributed by atoms with Crippen molar-refractivity contribution < 1.29 is 0 Å². The van der Waals surface area contributed by atoms with Crippen LogP contribution in [0.15, 0.2) is 243 Å². The molecular formula is C66H46N4. The molecule has 13 rings (SSSR count). The maximum Gasteiger partial charge on any atom is 0.164 e. The summed E-state index contributed by atoms with van der Waals surface area (Å²) in [6.07, 6.45) is 0. The minimum atomic E-state index is -0.122. The van der Waals surface area contributed by atoms with Crippen LogP contribution < -0.4 is 0 Å². The number of fused-ring (bicyclic) bond motifs is 6. The molecule has 0 unspecified atom stereocenters. The predicted molar refractivity (Wildman–Crippen MR) is 290 cm³/mol. The summed E-state index contributed by atoms with van der Waals surface area (Å²) in [7, 11) is 0. The Morgan fingerprint density at radius 3 is 1.50 bits per heavy atom. The highest BCUT2D eigenvalue weighted by molar-refractivity contribution is 6.17. The largest absolute Gasteiger partial charge is 0.309 e. The maximum atomic E-state index is 5.11. The van der Waals surface area contributed by atoms with Crippen LogP contribution in [0.25, 0.3) is 117 Å². The van der Waals surface area contributed by atoms with Gasteiger partial charge in [-0.1, -0.05) is 214 Å². The molecule has 1 aliphatic carbocycles. The second-order valence-corrected chi connectivity index (χ2v) is 18.8. The zero-order valence-corrected chi connectivity index (χ0v) is 38.9. The lowest BCUT2D eigenvalue weighted by Crippen LogP contribution is -2.16. The Labute approximate surface area is 407 Å². The van der Waals surface area contributed by atoms with E-state index in [-0.39, 0.29) is 5.41 Å². The van der Waals surface area contributed by atoms with Gasteiger partial charge in [-0.2, -0.15) is 0 Å². The highest BCUT2D eigenvalue weighted by Gasteiger charge is 2.37. The summed E-state index contributed by atoms with van der Waals surface area (Å²) in [6.45, 7) is 4.73. The van der Waals surface area contributed by atoms with Gasteiger partial charge in [0.15, 0.2) is 17.5 Å². The third kappa shape index (κ3) is 6.95. The number of benzene rings is 10. The molecule has 0 saturated carbocycles. The average Bonchev–Trinajstić information content (AvgIpc) is 3.89. The van der Waals surface area contributed by atoms with Crippen molar-refractivity contribution in [2.24, 2.45) is 0 Å². The summed E-state index contributed by atoms with van der Waals surface area (Å²) in [6, 6.07) is 87.1. The van der Waals surface area contributed by atoms with Crippen LogP contribution in [0.2, 0.25) is 0 Å². The highest BCUT2D eigenvalue weighted by atomic mass is 15.0. The molecule has 0 saturated heterocycles. The van der Waals surface area contributed by atoms with Crippen molar-refractivity contribution in [1.29, 1.82) is 0 Å². The molecule has 12 aromatic rings. The van der Waals surface area contributed by atoms with Crippen molar-refractivity contribution in [2.45, 2.75) is 19.3 Å². The van der Waals surface area contributed by atoms with Crippen LogP contribution in [-0.4, -0.2) is 19.5 Å². The summed E-state index contributed by atoms with van der Waals surface area (Å²) in [4.78, 5) is 15.2. The van der Waals surface area contributed by atoms with E-state index in [1.165, 1.54) is 60.8 Å². The van der Waals surface area contributed by atoms with Gasteiger partial charge in [0.2, 0.25) is 0 Å². The second-order valence-electron chi connectivity index (χ2n) is 18.8. The molecule has 0 fully saturated rings. The van der Waals surface area contributed by atoms with E-state index in [1.807, 2.05) is 60.7 Å². The summed E-state index contributed by atoms with van der Waals surface area (Å²) in [5.41, 5.74) is 20.9. The fourth-order valence-corrected chi connectivity index (χ4v) is 10.9. The van der Waals surface area contributed by atoms with E-state index >= 15 is 0 Å². The molecule has 0 aliphatic heterocycles. The van der Waals surface area contributed by atoms with E-state index in [2.05, 4.69) is 200 Å². The van der Waals surface area contributed by atoms with Crippen molar-refractivity contribution in [3.05, 3.63) is 254 Å². The van der Waals surface area contributed by atoms with Gasteiger partial charge in [-0.15, -0.1) is 0 Å². The second kappa shape index (κ2) is 16.7. The summed E-state index contributed by atoms with van der Waals surface area (Å²) in [5, 5.41) is 2.36. The Morgan fingerprint density at radius 1 is 0.314 bits per heavy atom. The number of aromatic nitrogens is 4. The van der Waals surface area contributed by atoms with Crippen molar-refractivity contribution in [1.82, 2.24) is 19.5 Å². The highest BCUT2D eigenvalue weighted by Crippen LogP contribution is 2.52. The first-order valence-electron chi connectivity index (χ1n) is 24.0. The standard InChI is InChI=1S/C66H46N4/c1-66(2)58-35-13-12-31-55(58)56-34-17-33-54(62(56)66)50-28-14-25-46(39-50)48-37-38-59-57(42-48)61-53(32-18-36-60(61)70(59)52-30-16-26-47(41-52)43-19-6-3-7-20-43)49-27-15-29-51(40-49)65-68-63(44-21-8-4-9-22-44)67-64(69-65)45-23-10-5-11-24-45/h3-42H,1-2H3. The molecule has 2 aromatic heterocycles. The summed E-state index contributed by atoms with van der Waals surface area (Å²) >= 11 is 0. The lowest BCUT2D eigenvalue weighted by molar-refractivity contribution is 0.662. The van der Waals surface area contributed by atoms with Gasteiger partial charge >= 0.3 is 0 Å². The number of nitrogens with zero attached hydrogens (tertiary/aromatic N) is 4. The van der Waals surface area contributed by atoms with Crippen LogP contribution in [0.5, 0.6) is 0 Å². The molecular weight excluding hydrogens is 849 g/mol. The summed E-state index contributed by atoms with van der Waals surface area (Å²) < 4.78 is 2.43. The van der Waals surface area contributed by atoms with Crippen molar-refractivity contribution >= 4 is 21.8 Å². The van der Waals surface area contributed by atoms with E-state index in [4.69, 9.17) is 15.0 Å². The van der Waals surface area contributed by atoms with Crippen LogP contribution >= 0.6 is 0 Å². The number of rotatable bonds is 8. The molecule has 330 valence electrons. The van der Waals surface area contributed by atoms with E-state index in [9.17, 15) is 0 Å². The van der Waals surface area contributed by atoms with Crippen LogP contribution in [0, 0.1) is 0 Å². The van der Waals surface area contributed by atoms with Gasteiger partial charge in [-0.3, -0.25) is 0 Å². The van der Waals surface area contributed by atoms with Crippen LogP contribution in [0.3, 0.4) is 0 Å². The first kappa shape index (κ1) is 41.2. The summed E-state index contributed by atoms with van der Waals surface area (Å²) in [5.74, 6) is 1.90. The third-order valence-electron chi connectivity index (χ3n) is 14.2. The topological polar surface area (TPSA) is 43.6 Å². The van der Waals surface area contributed by atoms with Crippen LogP contribution in [0.1, 0.15) is 25.0 Å². The fourth-order valence-electron chi connectivity index (χ4n) is 10.9. The van der Waals surface area contributed by atoms with E-state index < -0.39 is 0 Å². The average molecular weight is 895 g/mol. The molecule has 4 heteroatoms. The molecule has 4 nitrogen and oxygen atoms in total. The zero-order chi connectivity index (χ0) is 46.8. The number of hydrogen-bond donors (Lipinski definition) is 0. The van der Waals surface area contributed by atoms with Crippen molar-refractivity contribution in [3.63, 3.8) is 0 Å². The van der Waals surface area contributed by atoms with Gasteiger partial charge in [0.1, 0.15) is 0 Å². The molecule has 70 heavy (non-hydrogen) atoms. The molecule has 1 aliphatic rings. The molecule has 2 heterocycles. The fraction of sp³-hybridized carbons (Fsp3) is 0.0455. The molecule has 0 radical (unpaired) electrons. The molecule has 10 aromatic carbocycles. The van der Waals surface area contributed by atoms with Crippen LogP contribution in [-0.2, 0) is 5.41 Å². The minimum Gasteiger partial charge on any atom is -0.309 e. The smallest absolute Gasteiger partial charge is 0.164 e. The molecule has 0 bridgehead atoms. The molecule has 0 amide bonds. The Morgan fingerprint density at radius 2 is 0.786 bits per heavy atom. The SMILES string of the molecule is CC1(C)c2ccccc2-c2cccc(-c3cccc(-c4ccc5c(c4)c4c(-c6cccc(-c7nc(-c8ccccc8)nc(-c8ccccc8)n7)c6)cccc4n5-c4cccc(-c5ccccc5)c4)c3)c21. The monoisotopic (exact) mass is 894 g/mol. The van der Waals surface area contributed by atoms with E-state index in [1.54, 1.807) is 0 Å². The normalized spacial score (nSPS) is 12.5. The predicted octanol–water partition coefficient (Wildman–Crippen LogP) is 16.9. The van der Waals surface area contributed by atoms with Gasteiger partial charge in [-0.05, 0) is 109 Å². The van der Waals surface area contributed by atoms with Gasteiger partial charge < -0.3 is 4.57 Å². The van der Waals surface area contributed by atoms with Gasteiger partial charge in [0.25, 0.3) is 0 Å². The first-order valence-corrected chi connectivity index (χ1v) is 24.0. The Kier molecular flexibility index (Phi) is 9.81.